The SMILES string of the molecule is CCN(CC(C)C(=O)O)C(=O)C(F)(F)C(F)(F)F. The van der Waals surface area contributed by atoms with Crippen molar-refractivity contribution in [3.8, 4) is 0 Å². The van der Waals surface area contributed by atoms with Crippen LogP contribution in [0.3, 0.4) is 0 Å². The smallest absolute Gasteiger partial charge is 0.463 e. The summed E-state index contributed by atoms with van der Waals surface area (Å²) in [6, 6.07) is 0. The van der Waals surface area contributed by atoms with E-state index in [9.17, 15) is 31.5 Å². The Kier molecular flexibility index (Phi) is 5.06. The van der Waals surface area contributed by atoms with Gasteiger partial charge in [-0.05, 0) is 6.92 Å². The Labute approximate surface area is 99.4 Å². The minimum absolute atomic E-state index is 0.173. The van der Waals surface area contributed by atoms with Crippen LogP contribution in [-0.4, -0.2) is 47.1 Å². The first-order chi connectivity index (χ1) is 7.95. The average molecular weight is 277 g/mol. The fraction of sp³-hybridized carbons (Fsp3) is 0.778. The van der Waals surface area contributed by atoms with Gasteiger partial charge in [-0.3, -0.25) is 9.59 Å². The van der Waals surface area contributed by atoms with E-state index in [1.807, 2.05) is 0 Å². The molecule has 1 unspecified atom stereocenters. The van der Waals surface area contributed by atoms with Gasteiger partial charge in [0, 0.05) is 13.1 Å². The maximum atomic E-state index is 12.7. The van der Waals surface area contributed by atoms with Crippen molar-refractivity contribution < 1.29 is 36.6 Å². The topological polar surface area (TPSA) is 57.6 Å². The zero-order valence-corrected chi connectivity index (χ0v) is 9.59. The van der Waals surface area contributed by atoms with Gasteiger partial charge in [0.1, 0.15) is 0 Å². The molecule has 1 atom stereocenters. The standard InChI is InChI=1S/C9H12F5NO3/c1-3-15(4-5(2)6(16)17)7(18)8(10,11)9(12,13)14/h5H,3-4H2,1-2H3,(H,16,17). The maximum absolute atomic E-state index is 12.7. The molecule has 0 rings (SSSR count). The second kappa shape index (κ2) is 5.49. The third-order valence-electron chi connectivity index (χ3n) is 2.21. The highest BCUT2D eigenvalue weighted by molar-refractivity contribution is 5.85. The molecule has 106 valence electrons. The molecule has 0 heterocycles. The Balaban J connectivity index is 4.98. The van der Waals surface area contributed by atoms with Gasteiger partial charge >= 0.3 is 24.0 Å². The van der Waals surface area contributed by atoms with E-state index in [0.717, 1.165) is 6.92 Å². The van der Waals surface area contributed by atoms with Gasteiger partial charge in [0.2, 0.25) is 0 Å². The van der Waals surface area contributed by atoms with Gasteiger partial charge in [-0.25, -0.2) is 0 Å². The molecule has 0 aliphatic heterocycles. The monoisotopic (exact) mass is 277 g/mol. The molecule has 18 heavy (non-hydrogen) atoms. The maximum Gasteiger partial charge on any atom is 0.463 e. The van der Waals surface area contributed by atoms with Crippen LogP contribution >= 0.6 is 0 Å². The number of carboxylic acid groups (broad SMARTS) is 1. The van der Waals surface area contributed by atoms with Crippen LogP contribution in [-0.2, 0) is 9.59 Å². The van der Waals surface area contributed by atoms with Crippen molar-refractivity contribution in [2.45, 2.75) is 25.9 Å². The van der Waals surface area contributed by atoms with Crippen LogP contribution in [0.4, 0.5) is 22.0 Å². The molecule has 0 fully saturated rings. The predicted octanol–water partition coefficient (Wildman–Crippen LogP) is 1.75. The van der Waals surface area contributed by atoms with Gasteiger partial charge in [-0.1, -0.05) is 6.92 Å². The van der Waals surface area contributed by atoms with Crippen molar-refractivity contribution in [2.75, 3.05) is 13.1 Å². The summed E-state index contributed by atoms with van der Waals surface area (Å²) < 4.78 is 61.4. The highest BCUT2D eigenvalue weighted by Gasteiger charge is 2.64. The Bertz CT molecular complexity index is 329. The molecule has 9 heteroatoms. The summed E-state index contributed by atoms with van der Waals surface area (Å²) in [6.45, 7) is 1.13. The number of carbonyl (C=O) groups excluding carboxylic acids is 1. The first kappa shape index (κ1) is 16.6. The molecular formula is C9H12F5NO3. The first-order valence-electron chi connectivity index (χ1n) is 4.91. The van der Waals surface area contributed by atoms with Crippen LogP contribution in [0.5, 0.6) is 0 Å². The summed E-state index contributed by atoms with van der Waals surface area (Å²) in [5.41, 5.74) is 0. The number of carbonyl (C=O) groups is 2. The van der Waals surface area contributed by atoms with E-state index in [1.165, 1.54) is 6.92 Å². The lowest BCUT2D eigenvalue weighted by molar-refractivity contribution is -0.274. The first-order valence-corrected chi connectivity index (χ1v) is 4.91. The molecule has 1 N–H and O–H groups in total. The number of halogens is 5. The third-order valence-corrected chi connectivity index (χ3v) is 2.21. The summed E-state index contributed by atoms with van der Waals surface area (Å²) in [7, 11) is 0. The van der Waals surface area contributed by atoms with Crippen LogP contribution < -0.4 is 0 Å². The molecule has 0 saturated carbocycles. The Morgan fingerprint density at radius 3 is 1.94 bits per heavy atom. The molecule has 1 amide bonds. The van der Waals surface area contributed by atoms with Crippen molar-refractivity contribution in [1.82, 2.24) is 4.90 Å². The number of hydrogen-bond acceptors (Lipinski definition) is 2. The summed E-state index contributed by atoms with van der Waals surface area (Å²) in [4.78, 5) is 21.7. The van der Waals surface area contributed by atoms with Gasteiger partial charge in [0.05, 0.1) is 5.92 Å². The van der Waals surface area contributed by atoms with Crippen LogP contribution in [0.2, 0.25) is 0 Å². The summed E-state index contributed by atoms with van der Waals surface area (Å²) in [5.74, 6) is -10.6. The minimum Gasteiger partial charge on any atom is -0.481 e. The highest BCUT2D eigenvalue weighted by atomic mass is 19.4. The van der Waals surface area contributed by atoms with Crippen LogP contribution in [0.1, 0.15) is 13.8 Å². The zero-order chi connectivity index (χ0) is 14.7. The second-order valence-corrected chi connectivity index (χ2v) is 3.66. The van der Waals surface area contributed by atoms with Crippen LogP contribution in [0, 0.1) is 5.92 Å². The molecule has 0 bridgehead atoms. The zero-order valence-electron chi connectivity index (χ0n) is 9.59. The number of hydrogen-bond donors (Lipinski definition) is 1. The van der Waals surface area contributed by atoms with Crippen molar-refractivity contribution >= 4 is 11.9 Å². The lowest BCUT2D eigenvalue weighted by atomic mass is 10.1. The molecule has 0 spiro atoms. The van der Waals surface area contributed by atoms with Crippen LogP contribution in [0.15, 0.2) is 0 Å². The predicted molar refractivity (Wildman–Crippen MR) is 50.1 cm³/mol. The van der Waals surface area contributed by atoms with Gasteiger partial charge in [0.15, 0.2) is 0 Å². The van der Waals surface area contributed by atoms with Crippen molar-refractivity contribution in [3.05, 3.63) is 0 Å². The van der Waals surface area contributed by atoms with E-state index in [4.69, 9.17) is 5.11 Å². The van der Waals surface area contributed by atoms with Gasteiger partial charge in [-0.2, -0.15) is 22.0 Å². The summed E-state index contributed by atoms with van der Waals surface area (Å²) in [5, 5.41) is 8.52. The number of nitrogens with zero attached hydrogens (tertiary/aromatic N) is 1. The molecule has 0 aliphatic carbocycles. The molecule has 0 radical (unpaired) electrons. The van der Waals surface area contributed by atoms with Gasteiger partial charge < -0.3 is 10.0 Å². The van der Waals surface area contributed by atoms with E-state index in [1.54, 1.807) is 0 Å². The van der Waals surface area contributed by atoms with Gasteiger partial charge in [-0.15, -0.1) is 0 Å². The summed E-state index contributed by atoms with van der Waals surface area (Å²) in [6.07, 6.45) is -6.00. The molecule has 0 aliphatic rings. The Morgan fingerprint density at radius 2 is 1.67 bits per heavy atom. The fourth-order valence-electron chi connectivity index (χ4n) is 1.08. The lowest BCUT2D eigenvalue weighted by Gasteiger charge is -2.28. The van der Waals surface area contributed by atoms with E-state index in [-0.39, 0.29) is 4.90 Å². The summed E-state index contributed by atoms with van der Waals surface area (Å²) >= 11 is 0. The number of amides is 1. The van der Waals surface area contributed by atoms with Gasteiger partial charge in [0.25, 0.3) is 0 Å². The average Bonchev–Trinajstić information content (AvgIpc) is 2.22. The van der Waals surface area contributed by atoms with Crippen molar-refractivity contribution in [3.63, 3.8) is 0 Å². The number of carboxylic acids is 1. The molecule has 4 nitrogen and oxygen atoms in total. The molecule has 0 aromatic carbocycles. The second-order valence-electron chi connectivity index (χ2n) is 3.66. The van der Waals surface area contributed by atoms with E-state index in [2.05, 4.69) is 0 Å². The largest absolute Gasteiger partial charge is 0.481 e. The van der Waals surface area contributed by atoms with E-state index >= 15 is 0 Å². The van der Waals surface area contributed by atoms with E-state index < -0.39 is 43.0 Å². The van der Waals surface area contributed by atoms with Crippen molar-refractivity contribution in [1.29, 1.82) is 0 Å². The third kappa shape index (κ3) is 3.54. The van der Waals surface area contributed by atoms with Crippen molar-refractivity contribution in [2.24, 2.45) is 5.92 Å². The van der Waals surface area contributed by atoms with E-state index in [0.29, 0.717) is 0 Å². The quantitative estimate of drug-likeness (QED) is 0.779. The number of alkyl halides is 5. The molecular weight excluding hydrogens is 265 g/mol. The molecule has 0 aromatic rings. The Hall–Kier alpha value is -1.41. The van der Waals surface area contributed by atoms with Crippen LogP contribution in [0.25, 0.3) is 0 Å². The lowest BCUT2D eigenvalue weighted by Crippen LogP contribution is -2.53. The minimum atomic E-state index is -6.00. The number of aliphatic carboxylic acids is 1. The fourth-order valence-corrected chi connectivity index (χ4v) is 1.08. The molecule has 0 saturated heterocycles. The Morgan fingerprint density at radius 1 is 1.22 bits per heavy atom. The highest BCUT2D eigenvalue weighted by Crippen LogP contribution is 2.36. The number of rotatable bonds is 5. The normalized spacial score (nSPS) is 14.2. The molecule has 0 aromatic heterocycles.